The molecule has 1 nitrogen and oxygen atoms in total. The van der Waals surface area contributed by atoms with E-state index in [2.05, 4.69) is 5.73 Å². The van der Waals surface area contributed by atoms with Crippen LogP contribution >= 0.6 is 0 Å². The molecule has 56 valence electrons. The van der Waals surface area contributed by atoms with Crippen molar-refractivity contribution in [3.8, 4) is 0 Å². The Bertz CT molecular complexity index is 158. The van der Waals surface area contributed by atoms with Crippen LogP contribution in [0.15, 0.2) is 17.9 Å². The Morgan fingerprint density at radius 3 is 2.50 bits per heavy atom. The van der Waals surface area contributed by atoms with Gasteiger partial charge in [0.2, 0.25) is 0 Å². The van der Waals surface area contributed by atoms with Gasteiger partial charge in [-0.05, 0) is 31.9 Å². The minimum absolute atomic E-state index is 0.521. The van der Waals surface area contributed by atoms with Gasteiger partial charge in [-0.2, -0.15) is 0 Å². The van der Waals surface area contributed by atoms with E-state index >= 15 is 0 Å². The lowest BCUT2D eigenvalue weighted by atomic mass is 10.0. The molecule has 10 heavy (non-hydrogen) atoms. The fraction of sp³-hybridized carbons (Fsp3) is 0.667. The Morgan fingerprint density at radius 2 is 2.00 bits per heavy atom. The van der Waals surface area contributed by atoms with Gasteiger partial charge in [0, 0.05) is 0 Å². The highest BCUT2D eigenvalue weighted by Gasteiger charge is 2.27. The van der Waals surface area contributed by atoms with Crippen LogP contribution in [0.25, 0.3) is 0 Å². The molecule has 0 spiro atoms. The minimum atomic E-state index is -0.521. The molecule has 1 heteroatoms. The topological polar surface area (TPSA) is 20.2 Å². The quantitative estimate of drug-likeness (QED) is 0.550. The predicted molar refractivity (Wildman–Crippen MR) is 41.7 cm³/mol. The monoisotopic (exact) mass is 138 g/mol. The summed E-state index contributed by atoms with van der Waals surface area (Å²) in [6.07, 6.45) is 7.74. The summed E-state index contributed by atoms with van der Waals surface area (Å²) in [4.78, 5) is 0. The lowest BCUT2D eigenvalue weighted by molar-refractivity contribution is 0.0994. The molecule has 0 aromatic heterocycles. The maximum Gasteiger partial charge on any atom is 0.0900 e. The van der Waals surface area contributed by atoms with E-state index in [0.717, 1.165) is 25.7 Å². The second-order valence-electron chi connectivity index (χ2n) is 2.91. The third-order valence-electron chi connectivity index (χ3n) is 1.99. The van der Waals surface area contributed by atoms with Crippen molar-refractivity contribution in [3.63, 3.8) is 0 Å². The highest BCUT2D eigenvalue weighted by Crippen LogP contribution is 2.29. The number of rotatable bonds is 1. The molecule has 0 bridgehead atoms. The third-order valence-corrected chi connectivity index (χ3v) is 1.99. The second-order valence-corrected chi connectivity index (χ2v) is 2.91. The SMILES string of the molecule is CC=C=CC1(O)CCCC1. The van der Waals surface area contributed by atoms with Crippen LogP contribution in [0.5, 0.6) is 0 Å². The summed E-state index contributed by atoms with van der Waals surface area (Å²) in [5.74, 6) is 0. The van der Waals surface area contributed by atoms with Crippen LogP contribution in [0.2, 0.25) is 0 Å². The first-order chi connectivity index (χ1) is 4.77. The summed E-state index contributed by atoms with van der Waals surface area (Å²) in [5.41, 5.74) is 2.41. The van der Waals surface area contributed by atoms with Crippen LogP contribution in [0, 0.1) is 0 Å². The molecular weight excluding hydrogens is 124 g/mol. The Kier molecular flexibility index (Phi) is 2.31. The van der Waals surface area contributed by atoms with Crippen LogP contribution in [0.3, 0.4) is 0 Å². The fourth-order valence-electron chi connectivity index (χ4n) is 1.37. The molecule has 0 unspecified atom stereocenters. The van der Waals surface area contributed by atoms with Gasteiger partial charge >= 0.3 is 0 Å². The standard InChI is InChI=1S/C9H14O/c1-2-3-6-9(10)7-4-5-8-9/h2,6,10H,4-5,7-8H2,1H3. The summed E-state index contributed by atoms with van der Waals surface area (Å²) in [6, 6.07) is 0. The van der Waals surface area contributed by atoms with Crippen LogP contribution in [-0.2, 0) is 0 Å². The van der Waals surface area contributed by atoms with Crippen molar-refractivity contribution < 1.29 is 5.11 Å². The van der Waals surface area contributed by atoms with Crippen molar-refractivity contribution in [1.82, 2.24) is 0 Å². The largest absolute Gasteiger partial charge is 0.385 e. The smallest absolute Gasteiger partial charge is 0.0900 e. The van der Waals surface area contributed by atoms with Gasteiger partial charge in [-0.3, -0.25) is 0 Å². The van der Waals surface area contributed by atoms with E-state index in [1.165, 1.54) is 0 Å². The molecule has 0 radical (unpaired) electrons. The molecule has 1 aliphatic carbocycles. The van der Waals surface area contributed by atoms with Gasteiger partial charge in [-0.15, -0.1) is 5.73 Å². The van der Waals surface area contributed by atoms with Gasteiger partial charge in [-0.1, -0.05) is 12.8 Å². The zero-order chi connectivity index (χ0) is 7.45. The minimum Gasteiger partial charge on any atom is -0.385 e. The lowest BCUT2D eigenvalue weighted by Crippen LogP contribution is -2.19. The van der Waals surface area contributed by atoms with Crippen LogP contribution in [-0.4, -0.2) is 10.7 Å². The molecule has 1 saturated carbocycles. The van der Waals surface area contributed by atoms with E-state index < -0.39 is 5.60 Å². The second kappa shape index (κ2) is 3.05. The van der Waals surface area contributed by atoms with E-state index in [0.29, 0.717) is 0 Å². The summed E-state index contributed by atoms with van der Waals surface area (Å²) < 4.78 is 0. The van der Waals surface area contributed by atoms with E-state index in [1.54, 1.807) is 6.08 Å². The maximum atomic E-state index is 9.68. The van der Waals surface area contributed by atoms with Crippen molar-refractivity contribution in [2.45, 2.75) is 38.2 Å². The Morgan fingerprint density at radius 1 is 1.40 bits per heavy atom. The molecule has 0 amide bonds. The highest BCUT2D eigenvalue weighted by atomic mass is 16.3. The van der Waals surface area contributed by atoms with Gasteiger partial charge < -0.3 is 5.11 Å². The van der Waals surface area contributed by atoms with Gasteiger partial charge in [-0.25, -0.2) is 0 Å². The van der Waals surface area contributed by atoms with Gasteiger partial charge in [0.25, 0.3) is 0 Å². The third kappa shape index (κ3) is 1.73. The molecule has 0 saturated heterocycles. The van der Waals surface area contributed by atoms with Crippen molar-refractivity contribution in [2.24, 2.45) is 0 Å². The van der Waals surface area contributed by atoms with Crippen molar-refractivity contribution >= 4 is 0 Å². The van der Waals surface area contributed by atoms with Crippen LogP contribution in [0.1, 0.15) is 32.6 Å². The van der Waals surface area contributed by atoms with E-state index in [-0.39, 0.29) is 0 Å². The van der Waals surface area contributed by atoms with Gasteiger partial charge in [0.05, 0.1) is 5.60 Å². The fourth-order valence-corrected chi connectivity index (χ4v) is 1.37. The first kappa shape index (κ1) is 7.59. The van der Waals surface area contributed by atoms with Crippen LogP contribution in [0.4, 0.5) is 0 Å². The average molecular weight is 138 g/mol. The molecule has 1 rings (SSSR count). The zero-order valence-electron chi connectivity index (χ0n) is 6.43. The van der Waals surface area contributed by atoms with Gasteiger partial charge in [0.15, 0.2) is 0 Å². The molecule has 1 fully saturated rings. The zero-order valence-corrected chi connectivity index (χ0v) is 6.43. The van der Waals surface area contributed by atoms with Crippen molar-refractivity contribution in [2.75, 3.05) is 0 Å². The number of hydrogen-bond acceptors (Lipinski definition) is 1. The summed E-state index contributed by atoms with van der Waals surface area (Å²) in [7, 11) is 0. The molecule has 1 aliphatic rings. The first-order valence-electron chi connectivity index (χ1n) is 3.87. The van der Waals surface area contributed by atoms with Gasteiger partial charge in [0.1, 0.15) is 0 Å². The molecule has 0 aromatic rings. The number of hydrogen-bond donors (Lipinski definition) is 1. The maximum absolute atomic E-state index is 9.68. The lowest BCUT2D eigenvalue weighted by Gasteiger charge is -2.14. The summed E-state index contributed by atoms with van der Waals surface area (Å²) in [5, 5.41) is 9.68. The normalized spacial score (nSPS) is 21.8. The predicted octanol–water partition coefficient (Wildman–Crippen LogP) is 2.02. The van der Waals surface area contributed by atoms with Crippen molar-refractivity contribution in [3.05, 3.63) is 17.9 Å². The molecule has 1 N–H and O–H groups in total. The van der Waals surface area contributed by atoms with E-state index in [4.69, 9.17) is 0 Å². The molecule has 0 aliphatic heterocycles. The Labute approximate surface area is 62.1 Å². The Balaban J connectivity index is 2.59. The van der Waals surface area contributed by atoms with E-state index in [9.17, 15) is 5.11 Å². The molecule has 0 atom stereocenters. The van der Waals surface area contributed by atoms with Crippen molar-refractivity contribution in [1.29, 1.82) is 0 Å². The summed E-state index contributed by atoms with van der Waals surface area (Å²) in [6.45, 7) is 1.91. The molecular formula is C9H14O. The molecule has 0 aromatic carbocycles. The molecule has 0 heterocycles. The summed E-state index contributed by atoms with van der Waals surface area (Å²) >= 11 is 0. The number of aliphatic hydroxyl groups is 1. The highest BCUT2D eigenvalue weighted by molar-refractivity contribution is 5.02. The first-order valence-corrected chi connectivity index (χ1v) is 3.87. The van der Waals surface area contributed by atoms with Crippen LogP contribution < -0.4 is 0 Å². The Hall–Kier alpha value is -0.520. The van der Waals surface area contributed by atoms with E-state index in [1.807, 2.05) is 13.0 Å². The average Bonchev–Trinajstić information content (AvgIpc) is 2.33.